The number of carbonyl (C=O) groups excluding carboxylic acids is 2. The van der Waals surface area contributed by atoms with Gasteiger partial charge < -0.3 is 21.1 Å². The first-order valence-corrected chi connectivity index (χ1v) is 5.94. The van der Waals surface area contributed by atoms with Crippen molar-refractivity contribution in [3.63, 3.8) is 0 Å². The molecule has 0 bridgehead atoms. The number of ether oxygens (including phenoxy) is 1. The summed E-state index contributed by atoms with van der Waals surface area (Å²) in [5.74, 6) is -0.296. The summed E-state index contributed by atoms with van der Waals surface area (Å²) in [5, 5.41) is 5.21. The predicted octanol–water partition coefficient (Wildman–Crippen LogP) is 0.588. The van der Waals surface area contributed by atoms with Crippen molar-refractivity contribution in [1.29, 1.82) is 0 Å². The molecule has 1 unspecified atom stereocenters. The lowest BCUT2D eigenvalue weighted by Crippen LogP contribution is -2.28. The first kappa shape index (κ1) is 15.0. The number of nitrogens with two attached hydrogens (primary N) is 1. The fourth-order valence-corrected chi connectivity index (χ4v) is 1.44. The zero-order valence-corrected chi connectivity index (χ0v) is 11.3. The Labute approximate surface area is 112 Å². The summed E-state index contributed by atoms with van der Waals surface area (Å²) in [6, 6.07) is 4.88. The van der Waals surface area contributed by atoms with Crippen LogP contribution in [0.25, 0.3) is 0 Å². The van der Waals surface area contributed by atoms with Crippen LogP contribution in [0, 0.1) is 5.92 Å². The van der Waals surface area contributed by atoms with Crippen molar-refractivity contribution in [1.82, 2.24) is 5.32 Å². The van der Waals surface area contributed by atoms with Crippen LogP contribution in [0.15, 0.2) is 18.2 Å². The zero-order chi connectivity index (χ0) is 14.4. The zero-order valence-electron chi connectivity index (χ0n) is 11.3. The van der Waals surface area contributed by atoms with Crippen molar-refractivity contribution in [2.24, 2.45) is 11.7 Å². The monoisotopic (exact) mass is 265 g/mol. The predicted molar refractivity (Wildman–Crippen MR) is 73.2 cm³/mol. The number of benzene rings is 1. The molecule has 1 atom stereocenters. The van der Waals surface area contributed by atoms with Crippen molar-refractivity contribution in [3.8, 4) is 5.75 Å². The molecule has 0 aliphatic heterocycles. The van der Waals surface area contributed by atoms with E-state index in [9.17, 15) is 9.59 Å². The lowest BCUT2D eigenvalue weighted by Gasteiger charge is -2.14. The molecular formula is C13H19N3O3. The molecule has 0 fully saturated rings. The molecule has 0 spiro atoms. The third kappa shape index (κ3) is 3.69. The van der Waals surface area contributed by atoms with E-state index in [-0.39, 0.29) is 24.3 Å². The number of carbonyl (C=O) groups is 2. The maximum Gasteiger partial charge on any atom is 0.253 e. The second-order valence-electron chi connectivity index (χ2n) is 4.12. The van der Waals surface area contributed by atoms with Gasteiger partial charge in [0.05, 0.1) is 18.4 Å². The van der Waals surface area contributed by atoms with Crippen LogP contribution in [0.4, 0.5) is 5.69 Å². The number of methoxy groups -OCH3 is 1. The molecular weight excluding hydrogens is 246 g/mol. The molecule has 1 aromatic carbocycles. The molecule has 1 rings (SSSR count). The lowest BCUT2D eigenvalue weighted by atomic mass is 10.1. The highest BCUT2D eigenvalue weighted by Crippen LogP contribution is 2.22. The van der Waals surface area contributed by atoms with Gasteiger partial charge in [-0.15, -0.1) is 0 Å². The maximum atomic E-state index is 11.8. The summed E-state index contributed by atoms with van der Waals surface area (Å²) in [5.41, 5.74) is 6.22. The van der Waals surface area contributed by atoms with Crippen molar-refractivity contribution < 1.29 is 14.3 Å². The van der Waals surface area contributed by atoms with Gasteiger partial charge in [0, 0.05) is 19.5 Å². The van der Waals surface area contributed by atoms with Gasteiger partial charge >= 0.3 is 0 Å². The molecule has 4 N–H and O–H groups in total. The standard InChI is InChI=1S/C13H19N3O3/c1-8(7-14)12(17)16-11-5-4-9(19-3)6-10(11)13(18)15-2/h4-6,8H,7,14H2,1-3H3,(H,15,18)(H,16,17). The van der Waals surface area contributed by atoms with E-state index in [1.807, 2.05) is 0 Å². The summed E-state index contributed by atoms with van der Waals surface area (Å²) in [4.78, 5) is 23.6. The first-order valence-electron chi connectivity index (χ1n) is 5.94. The van der Waals surface area contributed by atoms with Gasteiger partial charge in [-0.05, 0) is 18.2 Å². The average molecular weight is 265 g/mol. The van der Waals surface area contributed by atoms with Crippen molar-refractivity contribution in [2.45, 2.75) is 6.92 Å². The Morgan fingerprint density at radius 1 is 1.42 bits per heavy atom. The van der Waals surface area contributed by atoms with E-state index in [0.29, 0.717) is 17.0 Å². The van der Waals surface area contributed by atoms with E-state index in [1.54, 1.807) is 25.1 Å². The van der Waals surface area contributed by atoms with Gasteiger partial charge in [-0.25, -0.2) is 0 Å². The van der Waals surface area contributed by atoms with Gasteiger partial charge in [0.25, 0.3) is 5.91 Å². The maximum absolute atomic E-state index is 11.8. The quantitative estimate of drug-likeness (QED) is 0.726. The lowest BCUT2D eigenvalue weighted by molar-refractivity contribution is -0.119. The fraction of sp³-hybridized carbons (Fsp3) is 0.385. The molecule has 6 heteroatoms. The van der Waals surface area contributed by atoms with Crippen LogP contribution in [0.1, 0.15) is 17.3 Å². The fourth-order valence-electron chi connectivity index (χ4n) is 1.44. The highest BCUT2D eigenvalue weighted by Gasteiger charge is 2.16. The van der Waals surface area contributed by atoms with Crippen LogP contribution in [-0.2, 0) is 4.79 Å². The third-order valence-corrected chi connectivity index (χ3v) is 2.76. The van der Waals surface area contributed by atoms with E-state index in [2.05, 4.69) is 10.6 Å². The van der Waals surface area contributed by atoms with Crippen LogP contribution >= 0.6 is 0 Å². The Hall–Kier alpha value is -2.08. The van der Waals surface area contributed by atoms with E-state index < -0.39 is 0 Å². The molecule has 0 aliphatic rings. The third-order valence-electron chi connectivity index (χ3n) is 2.76. The minimum Gasteiger partial charge on any atom is -0.497 e. The van der Waals surface area contributed by atoms with Gasteiger partial charge in [0.15, 0.2) is 0 Å². The average Bonchev–Trinajstić information content (AvgIpc) is 2.45. The van der Waals surface area contributed by atoms with Crippen LogP contribution in [0.5, 0.6) is 5.75 Å². The number of nitrogens with one attached hydrogen (secondary N) is 2. The molecule has 6 nitrogen and oxygen atoms in total. The molecule has 0 saturated carbocycles. The minimum absolute atomic E-state index is 0.224. The van der Waals surface area contributed by atoms with Crippen LogP contribution in [0.2, 0.25) is 0 Å². The Bertz CT molecular complexity index is 474. The normalized spacial score (nSPS) is 11.6. The second kappa shape index (κ2) is 6.75. The van der Waals surface area contributed by atoms with Gasteiger partial charge in [0.2, 0.25) is 5.91 Å². The summed E-state index contributed by atoms with van der Waals surface area (Å²) < 4.78 is 5.07. The number of amides is 2. The van der Waals surface area contributed by atoms with E-state index in [0.717, 1.165) is 0 Å². The molecule has 0 saturated heterocycles. The SMILES string of the molecule is CNC(=O)c1cc(OC)ccc1NC(=O)C(C)CN. The van der Waals surface area contributed by atoms with Gasteiger partial charge in [-0.1, -0.05) is 6.92 Å². The highest BCUT2D eigenvalue weighted by molar-refractivity contribution is 6.04. The van der Waals surface area contributed by atoms with Gasteiger partial charge in [0.1, 0.15) is 5.75 Å². The summed E-state index contributed by atoms with van der Waals surface area (Å²) in [7, 11) is 3.04. The Balaban J connectivity index is 3.05. The minimum atomic E-state index is -0.320. The first-order chi connectivity index (χ1) is 9.03. The topological polar surface area (TPSA) is 93.5 Å². The van der Waals surface area contributed by atoms with Crippen LogP contribution < -0.4 is 21.1 Å². The molecule has 2 amide bonds. The Morgan fingerprint density at radius 3 is 2.63 bits per heavy atom. The largest absolute Gasteiger partial charge is 0.497 e. The molecule has 104 valence electrons. The van der Waals surface area contributed by atoms with E-state index in [4.69, 9.17) is 10.5 Å². The molecule has 19 heavy (non-hydrogen) atoms. The summed E-state index contributed by atoms with van der Waals surface area (Å²) >= 11 is 0. The number of rotatable bonds is 5. The molecule has 0 aliphatic carbocycles. The smallest absolute Gasteiger partial charge is 0.253 e. The van der Waals surface area contributed by atoms with E-state index in [1.165, 1.54) is 14.2 Å². The molecule has 0 radical (unpaired) electrons. The number of hydrogen-bond acceptors (Lipinski definition) is 4. The van der Waals surface area contributed by atoms with Crippen molar-refractivity contribution in [2.75, 3.05) is 26.0 Å². The summed E-state index contributed by atoms with van der Waals surface area (Å²) in [6.45, 7) is 1.97. The Kier molecular flexibility index (Phi) is 5.32. The molecule has 0 heterocycles. The van der Waals surface area contributed by atoms with Gasteiger partial charge in [-0.2, -0.15) is 0 Å². The van der Waals surface area contributed by atoms with Crippen molar-refractivity contribution in [3.05, 3.63) is 23.8 Å². The number of anilines is 1. The van der Waals surface area contributed by atoms with Gasteiger partial charge in [-0.3, -0.25) is 9.59 Å². The number of hydrogen-bond donors (Lipinski definition) is 3. The van der Waals surface area contributed by atoms with E-state index >= 15 is 0 Å². The Morgan fingerprint density at radius 2 is 2.11 bits per heavy atom. The molecule has 0 aromatic heterocycles. The molecule has 1 aromatic rings. The summed E-state index contributed by atoms with van der Waals surface area (Å²) in [6.07, 6.45) is 0. The highest BCUT2D eigenvalue weighted by atomic mass is 16.5. The van der Waals surface area contributed by atoms with Crippen molar-refractivity contribution >= 4 is 17.5 Å². The van der Waals surface area contributed by atoms with Crippen LogP contribution in [0.3, 0.4) is 0 Å². The van der Waals surface area contributed by atoms with Crippen LogP contribution in [-0.4, -0.2) is 32.5 Å². The second-order valence-corrected chi connectivity index (χ2v) is 4.12.